The first kappa shape index (κ1) is 19.2. The number of aromatic nitrogens is 3. The molecule has 8 heteroatoms. The summed E-state index contributed by atoms with van der Waals surface area (Å²) >= 11 is 0. The number of benzene rings is 1. The molecule has 2 heterocycles. The van der Waals surface area contributed by atoms with Crippen molar-refractivity contribution in [2.45, 2.75) is 25.4 Å². The van der Waals surface area contributed by atoms with Crippen LogP contribution in [0.3, 0.4) is 0 Å². The molecule has 7 nitrogen and oxygen atoms in total. The van der Waals surface area contributed by atoms with Crippen molar-refractivity contribution in [3.8, 4) is 5.75 Å². The Bertz CT molecular complexity index is 700. The molecule has 25 heavy (non-hydrogen) atoms. The molecule has 0 saturated carbocycles. The molecule has 1 aromatic heterocycles. The van der Waals surface area contributed by atoms with Gasteiger partial charge in [0, 0.05) is 19.2 Å². The molecule has 0 radical (unpaired) electrons. The standard InChI is InChI=1S/C17H23N5O2.ClH/c1-21(11-13-5-3-4-6-16(13)24-2)17(23)15-12-22(20-19-15)14-7-9-18-10-8-14;/h3-6,12,14,18H,7-11H2,1-2H3;1H. The SMILES string of the molecule is COc1ccccc1CN(C)C(=O)c1cn(C2CCNCC2)nn1.Cl. The van der Waals surface area contributed by atoms with E-state index in [4.69, 9.17) is 4.74 Å². The minimum Gasteiger partial charge on any atom is -0.496 e. The maximum Gasteiger partial charge on any atom is 0.276 e. The Labute approximate surface area is 153 Å². The van der Waals surface area contributed by atoms with Gasteiger partial charge in [0.15, 0.2) is 5.69 Å². The van der Waals surface area contributed by atoms with E-state index in [1.165, 1.54) is 0 Å². The predicted octanol–water partition coefficient (Wildman–Crippen LogP) is 1.91. The van der Waals surface area contributed by atoms with Crippen LogP contribution in [0, 0.1) is 0 Å². The number of carbonyl (C=O) groups is 1. The molecule has 1 aromatic carbocycles. The Morgan fingerprint density at radius 2 is 2.08 bits per heavy atom. The van der Waals surface area contributed by atoms with Gasteiger partial charge in [-0.25, -0.2) is 4.68 Å². The molecule has 1 amide bonds. The van der Waals surface area contributed by atoms with Crippen LogP contribution in [0.15, 0.2) is 30.5 Å². The summed E-state index contributed by atoms with van der Waals surface area (Å²) < 4.78 is 7.16. The van der Waals surface area contributed by atoms with Crippen LogP contribution in [-0.2, 0) is 6.54 Å². The van der Waals surface area contributed by atoms with Gasteiger partial charge in [-0.15, -0.1) is 17.5 Å². The Balaban J connectivity index is 0.00000225. The molecule has 2 aromatic rings. The second kappa shape index (κ2) is 8.82. The molecule has 1 aliphatic heterocycles. The molecule has 1 saturated heterocycles. The highest BCUT2D eigenvalue weighted by Gasteiger charge is 2.21. The Kier molecular flexibility index (Phi) is 6.78. The summed E-state index contributed by atoms with van der Waals surface area (Å²) in [5.41, 5.74) is 1.34. The summed E-state index contributed by atoms with van der Waals surface area (Å²) in [5, 5.41) is 11.5. The molecular weight excluding hydrogens is 342 g/mol. The van der Waals surface area contributed by atoms with Gasteiger partial charge in [0.2, 0.25) is 0 Å². The number of hydrogen-bond donors (Lipinski definition) is 1. The Hall–Kier alpha value is -2.12. The van der Waals surface area contributed by atoms with Crippen LogP contribution in [0.5, 0.6) is 5.75 Å². The lowest BCUT2D eigenvalue weighted by molar-refractivity contribution is 0.0778. The van der Waals surface area contributed by atoms with Crippen molar-refractivity contribution in [1.29, 1.82) is 0 Å². The van der Waals surface area contributed by atoms with Crippen molar-refractivity contribution < 1.29 is 9.53 Å². The lowest BCUT2D eigenvalue weighted by Gasteiger charge is -2.22. The number of ether oxygens (including phenoxy) is 1. The summed E-state index contributed by atoms with van der Waals surface area (Å²) in [4.78, 5) is 14.2. The molecule has 136 valence electrons. The van der Waals surface area contributed by atoms with E-state index in [0.717, 1.165) is 37.2 Å². The van der Waals surface area contributed by atoms with Gasteiger partial charge in [0.1, 0.15) is 5.75 Å². The van der Waals surface area contributed by atoms with Gasteiger partial charge >= 0.3 is 0 Å². The van der Waals surface area contributed by atoms with E-state index in [1.54, 1.807) is 25.3 Å². The number of hydrogen-bond acceptors (Lipinski definition) is 5. The molecule has 0 atom stereocenters. The zero-order valence-electron chi connectivity index (χ0n) is 14.5. The van der Waals surface area contributed by atoms with Crippen LogP contribution in [0.1, 0.15) is 34.9 Å². The molecule has 0 bridgehead atoms. The van der Waals surface area contributed by atoms with Crippen LogP contribution in [0.2, 0.25) is 0 Å². The topological polar surface area (TPSA) is 72.3 Å². The van der Waals surface area contributed by atoms with Gasteiger partial charge in [0.05, 0.1) is 19.3 Å². The normalized spacial score (nSPS) is 14.6. The van der Waals surface area contributed by atoms with E-state index in [2.05, 4.69) is 15.6 Å². The highest BCUT2D eigenvalue weighted by atomic mass is 35.5. The number of nitrogens with zero attached hydrogens (tertiary/aromatic N) is 4. The molecule has 1 aliphatic rings. The predicted molar refractivity (Wildman–Crippen MR) is 97.2 cm³/mol. The van der Waals surface area contributed by atoms with Gasteiger partial charge < -0.3 is 15.0 Å². The minimum atomic E-state index is -0.138. The Morgan fingerprint density at radius 1 is 1.36 bits per heavy atom. The quantitative estimate of drug-likeness (QED) is 0.876. The van der Waals surface area contributed by atoms with Gasteiger partial charge in [-0.05, 0) is 32.0 Å². The van der Waals surface area contributed by atoms with Crippen LogP contribution >= 0.6 is 12.4 Å². The van der Waals surface area contributed by atoms with E-state index in [9.17, 15) is 4.79 Å². The van der Waals surface area contributed by atoms with Crippen molar-refractivity contribution in [1.82, 2.24) is 25.2 Å². The van der Waals surface area contributed by atoms with E-state index >= 15 is 0 Å². The van der Waals surface area contributed by atoms with Gasteiger partial charge in [-0.3, -0.25) is 4.79 Å². The molecule has 3 rings (SSSR count). The zero-order chi connectivity index (χ0) is 16.9. The Morgan fingerprint density at radius 3 is 2.80 bits per heavy atom. The fourth-order valence-electron chi connectivity index (χ4n) is 2.98. The third kappa shape index (κ3) is 4.49. The zero-order valence-corrected chi connectivity index (χ0v) is 15.3. The van der Waals surface area contributed by atoms with Crippen LogP contribution in [0.25, 0.3) is 0 Å². The number of piperidine rings is 1. The van der Waals surface area contributed by atoms with E-state index in [0.29, 0.717) is 18.3 Å². The number of amides is 1. The van der Waals surface area contributed by atoms with Crippen molar-refractivity contribution in [2.24, 2.45) is 0 Å². The number of rotatable bonds is 5. The summed E-state index contributed by atoms with van der Waals surface area (Å²) in [6.07, 6.45) is 3.78. The maximum atomic E-state index is 12.6. The fourth-order valence-corrected chi connectivity index (χ4v) is 2.98. The minimum absolute atomic E-state index is 0. The van der Waals surface area contributed by atoms with Gasteiger partial charge in [-0.1, -0.05) is 23.4 Å². The lowest BCUT2D eigenvalue weighted by Crippen LogP contribution is -2.29. The lowest BCUT2D eigenvalue weighted by atomic mass is 10.1. The second-order valence-electron chi connectivity index (χ2n) is 6.04. The summed E-state index contributed by atoms with van der Waals surface area (Å²) in [6, 6.07) is 8.01. The average Bonchev–Trinajstić information content (AvgIpc) is 3.12. The summed E-state index contributed by atoms with van der Waals surface area (Å²) in [5.74, 6) is 0.636. The molecule has 1 fully saturated rings. The molecule has 0 aliphatic carbocycles. The number of para-hydroxylation sites is 1. The monoisotopic (exact) mass is 365 g/mol. The smallest absolute Gasteiger partial charge is 0.276 e. The first-order chi connectivity index (χ1) is 11.7. The first-order valence-corrected chi connectivity index (χ1v) is 8.19. The highest BCUT2D eigenvalue weighted by molar-refractivity contribution is 5.91. The maximum absolute atomic E-state index is 12.6. The van der Waals surface area contributed by atoms with Crippen LogP contribution in [0.4, 0.5) is 0 Å². The largest absolute Gasteiger partial charge is 0.496 e. The third-order valence-electron chi connectivity index (χ3n) is 4.36. The van der Waals surface area contributed by atoms with E-state index in [1.807, 2.05) is 28.9 Å². The summed E-state index contributed by atoms with van der Waals surface area (Å²) in [6.45, 7) is 2.41. The van der Waals surface area contributed by atoms with Crippen LogP contribution in [-0.4, -0.2) is 53.0 Å². The van der Waals surface area contributed by atoms with E-state index in [-0.39, 0.29) is 18.3 Å². The highest BCUT2D eigenvalue weighted by Crippen LogP contribution is 2.20. The van der Waals surface area contributed by atoms with Crippen molar-refractivity contribution in [3.63, 3.8) is 0 Å². The van der Waals surface area contributed by atoms with Crippen molar-refractivity contribution >= 4 is 18.3 Å². The second-order valence-corrected chi connectivity index (χ2v) is 6.04. The van der Waals surface area contributed by atoms with Gasteiger partial charge in [0.25, 0.3) is 5.91 Å². The molecule has 0 spiro atoms. The third-order valence-corrected chi connectivity index (χ3v) is 4.36. The molecular formula is C17H24ClN5O2. The van der Waals surface area contributed by atoms with Gasteiger partial charge in [-0.2, -0.15) is 0 Å². The van der Waals surface area contributed by atoms with Crippen molar-refractivity contribution in [3.05, 3.63) is 41.7 Å². The average molecular weight is 366 g/mol. The number of nitrogens with one attached hydrogen (secondary N) is 1. The first-order valence-electron chi connectivity index (χ1n) is 8.19. The van der Waals surface area contributed by atoms with Crippen molar-refractivity contribution in [2.75, 3.05) is 27.2 Å². The number of halogens is 1. The number of carbonyl (C=O) groups excluding carboxylic acids is 1. The van der Waals surface area contributed by atoms with Crippen LogP contribution < -0.4 is 10.1 Å². The van der Waals surface area contributed by atoms with E-state index < -0.39 is 0 Å². The number of methoxy groups -OCH3 is 1. The summed E-state index contributed by atoms with van der Waals surface area (Å²) in [7, 11) is 3.39. The molecule has 0 unspecified atom stereocenters. The molecule has 1 N–H and O–H groups in total. The fraction of sp³-hybridized carbons (Fsp3) is 0.471.